The highest BCUT2D eigenvalue weighted by molar-refractivity contribution is 5.94. The number of carboxylic acids is 1. The largest absolute Gasteiger partial charge is 0.480 e. The summed E-state index contributed by atoms with van der Waals surface area (Å²) in [6.07, 6.45) is -0.504. The molecule has 0 aliphatic rings. The van der Waals surface area contributed by atoms with Crippen LogP contribution in [-0.4, -0.2) is 64.8 Å². The van der Waals surface area contributed by atoms with Crippen LogP contribution < -0.4 is 33.2 Å². The minimum Gasteiger partial charge on any atom is -0.480 e. The van der Waals surface area contributed by atoms with Crippen molar-refractivity contribution in [3.63, 3.8) is 0 Å². The molecule has 0 aliphatic heterocycles. The first-order chi connectivity index (χ1) is 14.7. The van der Waals surface area contributed by atoms with Gasteiger partial charge in [-0.15, -0.1) is 0 Å². The third-order valence-corrected chi connectivity index (χ3v) is 4.42. The average Bonchev–Trinajstić information content (AvgIpc) is 2.66. The molecule has 0 fully saturated rings. The number of carbonyl (C=O) groups is 6. The van der Waals surface area contributed by atoms with E-state index in [0.29, 0.717) is 6.42 Å². The fraction of sp³-hybridized carbons (Fsp3) is 0.684. The van der Waals surface area contributed by atoms with Crippen LogP contribution in [0.5, 0.6) is 0 Å². The van der Waals surface area contributed by atoms with E-state index in [1.807, 2.05) is 13.8 Å². The maximum absolute atomic E-state index is 12.8. The molecule has 0 aromatic heterocycles. The molecule has 0 heterocycles. The first-order valence-electron chi connectivity index (χ1n) is 10.2. The lowest BCUT2D eigenvalue weighted by molar-refractivity contribution is -0.142. The lowest BCUT2D eigenvalue weighted by Gasteiger charge is -2.24. The lowest BCUT2D eigenvalue weighted by atomic mass is 10.0. The topological polar surface area (TPSA) is 237 Å². The summed E-state index contributed by atoms with van der Waals surface area (Å²) in [5, 5.41) is 16.0. The SMILES string of the molecule is CC(C)CC(N)C(=O)NC(CCC(N)=O)C(=O)NC(CCC(N)=O)C(=O)NC(C)C(=O)O. The zero-order chi connectivity index (χ0) is 25.0. The van der Waals surface area contributed by atoms with E-state index < -0.39 is 59.7 Å². The van der Waals surface area contributed by atoms with Gasteiger partial charge in [-0.05, 0) is 32.1 Å². The van der Waals surface area contributed by atoms with Crippen molar-refractivity contribution in [1.82, 2.24) is 16.0 Å². The normalized spacial score (nSPS) is 14.5. The Hall–Kier alpha value is -3.22. The number of nitrogens with one attached hydrogen (secondary N) is 3. The molecule has 0 radical (unpaired) electrons. The number of hydrogen-bond donors (Lipinski definition) is 7. The highest BCUT2D eigenvalue weighted by atomic mass is 16.4. The fourth-order valence-corrected chi connectivity index (χ4v) is 2.65. The maximum Gasteiger partial charge on any atom is 0.325 e. The second-order valence-corrected chi connectivity index (χ2v) is 7.94. The zero-order valence-corrected chi connectivity index (χ0v) is 18.6. The number of aliphatic carboxylic acids is 1. The van der Waals surface area contributed by atoms with E-state index in [2.05, 4.69) is 16.0 Å². The minimum absolute atomic E-state index is 0.117. The Balaban J connectivity index is 5.46. The molecule has 0 bridgehead atoms. The predicted molar refractivity (Wildman–Crippen MR) is 113 cm³/mol. The van der Waals surface area contributed by atoms with E-state index in [9.17, 15) is 28.8 Å². The summed E-state index contributed by atoms with van der Waals surface area (Å²) in [7, 11) is 0. The minimum atomic E-state index is -1.31. The number of nitrogens with two attached hydrogens (primary N) is 3. The van der Waals surface area contributed by atoms with Crippen molar-refractivity contribution in [2.24, 2.45) is 23.1 Å². The number of primary amides is 2. The number of carbonyl (C=O) groups excluding carboxylic acids is 5. The Morgan fingerprint density at radius 2 is 1.16 bits per heavy atom. The molecular weight excluding hydrogens is 424 g/mol. The predicted octanol–water partition coefficient (Wildman–Crippen LogP) is -2.55. The molecule has 13 nitrogen and oxygen atoms in total. The number of carboxylic acid groups (broad SMARTS) is 1. The third kappa shape index (κ3) is 11.8. The van der Waals surface area contributed by atoms with Crippen molar-refractivity contribution in [2.45, 2.75) is 77.0 Å². The second kappa shape index (κ2) is 14.0. The van der Waals surface area contributed by atoms with Gasteiger partial charge in [0.1, 0.15) is 18.1 Å². The molecule has 4 atom stereocenters. The van der Waals surface area contributed by atoms with E-state index in [1.54, 1.807) is 0 Å². The molecule has 4 unspecified atom stereocenters. The Morgan fingerprint density at radius 1 is 0.750 bits per heavy atom. The Bertz CT molecular complexity index is 712. The lowest BCUT2D eigenvalue weighted by Crippen LogP contribution is -2.57. The molecule has 0 spiro atoms. The maximum atomic E-state index is 12.8. The van der Waals surface area contributed by atoms with Crippen LogP contribution in [0.15, 0.2) is 0 Å². The molecule has 0 rings (SSSR count). The fourth-order valence-electron chi connectivity index (χ4n) is 2.65. The Labute approximate surface area is 186 Å². The first-order valence-corrected chi connectivity index (χ1v) is 10.2. The van der Waals surface area contributed by atoms with Gasteiger partial charge < -0.3 is 38.3 Å². The molecule has 0 aromatic rings. The van der Waals surface area contributed by atoms with Crippen molar-refractivity contribution in [3.8, 4) is 0 Å². The summed E-state index contributed by atoms with van der Waals surface area (Å²) in [5.41, 5.74) is 16.1. The molecule has 0 aromatic carbocycles. The summed E-state index contributed by atoms with van der Waals surface area (Å²) < 4.78 is 0. The van der Waals surface area contributed by atoms with Crippen molar-refractivity contribution in [1.29, 1.82) is 0 Å². The monoisotopic (exact) mass is 458 g/mol. The van der Waals surface area contributed by atoms with Crippen LogP contribution in [0, 0.1) is 5.92 Å². The standard InChI is InChI=1S/C19H34N6O7/c1-9(2)8-11(20)16(28)24-13(5-7-15(22)27)18(30)25-12(4-6-14(21)26)17(29)23-10(3)19(31)32/h9-13H,4-8,20H2,1-3H3,(H2,21,26)(H2,22,27)(H,23,29)(H,24,28)(H,25,30)(H,31,32). The van der Waals surface area contributed by atoms with E-state index in [-0.39, 0.29) is 31.6 Å². The Morgan fingerprint density at radius 3 is 1.53 bits per heavy atom. The van der Waals surface area contributed by atoms with Gasteiger partial charge in [0.15, 0.2) is 0 Å². The van der Waals surface area contributed by atoms with Gasteiger partial charge in [-0.3, -0.25) is 28.8 Å². The van der Waals surface area contributed by atoms with Crippen molar-refractivity contribution < 1.29 is 33.9 Å². The van der Waals surface area contributed by atoms with E-state index in [4.69, 9.17) is 22.3 Å². The van der Waals surface area contributed by atoms with Gasteiger partial charge in [0.05, 0.1) is 6.04 Å². The molecule has 32 heavy (non-hydrogen) atoms. The van der Waals surface area contributed by atoms with E-state index >= 15 is 0 Å². The van der Waals surface area contributed by atoms with Crippen LogP contribution in [0.25, 0.3) is 0 Å². The zero-order valence-electron chi connectivity index (χ0n) is 18.6. The van der Waals surface area contributed by atoms with Crippen LogP contribution in [0.3, 0.4) is 0 Å². The van der Waals surface area contributed by atoms with Gasteiger partial charge in [-0.2, -0.15) is 0 Å². The van der Waals surface area contributed by atoms with Gasteiger partial charge in [0.25, 0.3) is 0 Å². The van der Waals surface area contributed by atoms with E-state index in [0.717, 1.165) is 0 Å². The van der Waals surface area contributed by atoms with Crippen LogP contribution in [0.4, 0.5) is 0 Å². The number of amides is 5. The van der Waals surface area contributed by atoms with Crippen LogP contribution in [0.2, 0.25) is 0 Å². The third-order valence-electron chi connectivity index (χ3n) is 4.42. The molecule has 0 saturated carbocycles. The van der Waals surface area contributed by atoms with Crippen molar-refractivity contribution in [2.75, 3.05) is 0 Å². The Kier molecular flexibility index (Phi) is 12.6. The highest BCUT2D eigenvalue weighted by Crippen LogP contribution is 2.06. The summed E-state index contributed by atoms with van der Waals surface area (Å²) in [6, 6.07) is -4.71. The first kappa shape index (κ1) is 28.8. The number of rotatable bonds is 15. The van der Waals surface area contributed by atoms with E-state index in [1.165, 1.54) is 6.92 Å². The van der Waals surface area contributed by atoms with Crippen LogP contribution in [-0.2, 0) is 28.8 Å². The molecule has 0 saturated heterocycles. The second-order valence-electron chi connectivity index (χ2n) is 7.94. The quantitative estimate of drug-likeness (QED) is 0.137. The molecule has 10 N–H and O–H groups in total. The smallest absolute Gasteiger partial charge is 0.325 e. The van der Waals surface area contributed by atoms with Crippen molar-refractivity contribution in [3.05, 3.63) is 0 Å². The van der Waals surface area contributed by atoms with Gasteiger partial charge in [-0.25, -0.2) is 0 Å². The summed E-state index contributed by atoms with van der Waals surface area (Å²) in [5.74, 6) is -4.94. The molecule has 182 valence electrons. The van der Waals surface area contributed by atoms with Gasteiger partial charge in [0, 0.05) is 12.8 Å². The van der Waals surface area contributed by atoms with Crippen LogP contribution in [0.1, 0.15) is 52.9 Å². The molecule has 0 aliphatic carbocycles. The van der Waals surface area contributed by atoms with Gasteiger partial charge >= 0.3 is 5.97 Å². The van der Waals surface area contributed by atoms with Gasteiger partial charge in [-0.1, -0.05) is 13.8 Å². The van der Waals surface area contributed by atoms with Gasteiger partial charge in [0.2, 0.25) is 29.5 Å². The molecule has 5 amide bonds. The summed E-state index contributed by atoms with van der Waals surface area (Å²) in [4.78, 5) is 70.8. The summed E-state index contributed by atoms with van der Waals surface area (Å²) >= 11 is 0. The summed E-state index contributed by atoms with van der Waals surface area (Å²) in [6.45, 7) is 4.95. The highest BCUT2D eigenvalue weighted by Gasteiger charge is 2.29. The van der Waals surface area contributed by atoms with Crippen molar-refractivity contribution >= 4 is 35.5 Å². The molecular formula is C19H34N6O7. The van der Waals surface area contributed by atoms with Crippen LogP contribution >= 0.6 is 0 Å². The molecule has 13 heteroatoms. The average molecular weight is 459 g/mol. The number of hydrogen-bond acceptors (Lipinski definition) is 7.